The van der Waals surface area contributed by atoms with E-state index in [1.54, 1.807) is 0 Å². The van der Waals surface area contributed by atoms with Crippen molar-refractivity contribution in [1.82, 2.24) is 10.2 Å². The van der Waals surface area contributed by atoms with Crippen molar-refractivity contribution in [3.05, 3.63) is 0 Å². The normalized spacial score (nSPS) is 21.9. The highest BCUT2D eigenvalue weighted by molar-refractivity contribution is 5.69. The third kappa shape index (κ3) is 3.70. The maximum absolute atomic E-state index is 11.8. The summed E-state index contributed by atoms with van der Waals surface area (Å²) in [7, 11) is 1.91. The lowest BCUT2D eigenvalue weighted by Crippen LogP contribution is -2.43. The molecule has 0 bridgehead atoms. The van der Waals surface area contributed by atoms with E-state index >= 15 is 0 Å². The Bertz CT molecular complexity index is 223. The topological polar surface area (TPSA) is 41.6 Å². The molecule has 4 nitrogen and oxygen atoms in total. The van der Waals surface area contributed by atoms with Gasteiger partial charge in [-0.05, 0) is 40.7 Å². The molecule has 1 amide bonds. The van der Waals surface area contributed by atoms with E-state index in [9.17, 15) is 4.79 Å². The molecular formula is C11H22N2O2. The van der Waals surface area contributed by atoms with Crippen LogP contribution >= 0.6 is 0 Å². The number of carbonyl (C=O) groups is 1. The number of carbonyl (C=O) groups excluding carboxylic acids is 1. The van der Waals surface area contributed by atoms with Crippen LogP contribution in [-0.4, -0.2) is 42.8 Å². The highest BCUT2D eigenvalue weighted by atomic mass is 16.6. The summed E-state index contributed by atoms with van der Waals surface area (Å²) >= 11 is 0. The number of amides is 1. The molecule has 1 N–H and O–H groups in total. The van der Waals surface area contributed by atoms with Gasteiger partial charge >= 0.3 is 6.09 Å². The molecule has 0 aromatic rings. The zero-order valence-electron chi connectivity index (χ0n) is 10.2. The minimum Gasteiger partial charge on any atom is -0.444 e. The van der Waals surface area contributed by atoms with Crippen LogP contribution in [-0.2, 0) is 4.74 Å². The van der Waals surface area contributed by atoms with Gasteiger partial charge in [0, 0.05) is 19.1 Å². The number of ether oxygens (including phenoxy) is 1. The predicted molar refractivity (Wildman–Crippen MR) is 59.9 cm³/mol. The molecule has 0 aliphatic carbocycles. The number of nitrogens with zero attached hydrogens (tertiary/aromatic N) is 1. The maximum atomic E-state index is 11.8. The van der Waals surface area contributed by atoms with Crippen LogP contribution in [0.25, 0.3) is 0 Å². The van der Waals surface area contributed by atoms with Gasteiger partial charge in [0.2, 0.25) is 0 Å². The Morgan fingerprint density at radius 2 is 2.20 bits per heavy atom. The number of rotatable bonds is 2. The van der Waals surface area contributed by atoms with Gasteiger partial charge in [-0.1, -0.05) is 0 Å². The van der Waals surface area contributed by atoms with Crippen LogP contribution in [0.3, 0.4) is 0 Å². The average molecular weight is 214 g/mol. The minimum atomic E-state index is -0.399. The van der Waals surface area contributed by atoms with Crippen molar-refractivity contribution in [3.8, 4) is 0 Å². The molecule has 0 radical (unpaired) electrons. The van der Waals surface area contributed by atoms with Crippen LogP contribution in [0.5, 0.6) is 0 Å². The Morgan fingerprint density at radius 1 is 1.53 bits per heavy atom. The van der Waals surface area contributed by atoms with Gasteiger partial charge in [-0.2, -0.15) is 0 Å². The van der Waals surface area contributed by atoms with Crippen LogP contribution in [0.2, 0.25) is 0 Å². The molecule has 0 aromatic carbocycles. The first-order valence-corrected chi connectivity index (χ1v) is 5.58. The number of hydrogen-bond acceptors (Lipinski definition) is 3. The third-order valence-corrected chi connectivity index (χ3v) is 2.44. The summed E-state index contributed by atoms with van der Waals surface area (Å²) in [5, 5.41) is 3.11. The molecule has 15 heavy (non-hydrogen) atoms. The molecule has 0 saturated carbocycles. The Morgan fingerprint density at radius 3 is 2.73 bits per heavy atom. The molecule has 1 saturated heterocycles. The summed E-state index contributed by atoms with van der Waals surface area (Å²) in [6.07, 6.45) is 1.96. The molecule has 4 heteroatoms. The quantitative estimate of drug-likeness (QED) is 0.759. The predicted octanol–water partition coefficient (Wildman–Crippen LogP) is 1.61. The van der Waals surface area contributed by atoms with Gasteiger partial charge in [0.1, 0.15) is 5.60 Å². The van der Waals surface area contributed by atoms with Crippen LogP contribution in [0.15, 0.2) is 0 Å². The molecular weight excluding hydrogens is 192 g/mol. The minimum absolute atomic E-state index is 0.180. The van der Waals surface area contributed by atoms with Crippen molar-refractivity contribution in [3.63, 3.8) is 0 Å². The second-order valence-corrected chi connectivity index (χ2v) is 5.03. The molecule has 1 fully saturated rings. The van der Waals surface area contributed by atoms with Crippen LogP contribution < -0.4 is 5.32 Å². The first-order valence-electron chi connectivity index (χ1n) is 5.58. The fourth-order valence-electron chi connectivity index (χ4n) is 1.84. The largest absolute Gasteiger partial charge is 0.444 e. The van der Waals surface area contributed by atoms with E-state index in [1.165, 1.54) is 0 Å². The maximum Gasteiger partial charge on any atom is 0.410 e. The van der Waals surface area contributed by atoms with E-state index in [4.69, 9.17) is 4.74 Å². The Labute approximate surface area is 92.0 Å². The van der Waals surface area contributed by atoms with Gasteiger partial charge in [0.05, 0.1) is 0 Å². The fourth-order valence-corrected chi connectivity index (χ4v) is 1.84. The van der Waals surface area contributed by atoms with Crippen molar-refractivity contribution in [2.75, 3.05) is 20.1 Å². The van der Waals surface area contributed by atoms with Crippen molar-refractivity contribution >= 4 is 6.09 Å². The Hall–Kier alpha value is -0.770. The van der Waals surface area contributed by atoms with Gasteiger partial charge in [-0.15, -0.1) is 0 Å². The first kappa shape index (κ1) is 12.3. The molecule has 0 spiro atoms. The monoisotopic (exact) mass is 214 g/mol. The second-order valence-electron chi connectivity index (χ2n) is 5.03. The SMILES string of the molecule is CNC[C@H]1CCCN1C(=O)OC(C)(C)C. The van der Waals surface area contributed by atoms with Gasteiger partial charge < -0.3 is 15.0 Å². The van der Waals surface area contributed by atoms with Crippen molar-refractivity contribution in [2.24, 2.45) is 0 Å². The first-order chi connectivity index (χ1) is 6.94. The third-order valence-electron chi connectivity index (χ3n) is 2.44. The van der Waals surface area contributed by atoms with E-state index in [0.29, 0.717) is 6.04 Å². The summed E-state index contributed by atoms with van der Waals surface area (Å²) in [6.45, 7) is 7.36. The molecule has 0 unspecified atom stereocenters. The summed E-state index contributed by atoms with van der Waals surface area (Å²) in [5.41, 5.74) is -0.399. The number of likely N-dealkylation sites (N-methyl/N-ethyl adjacent to an activating group) is 1. The molecule has 1 aliphatic heterocycles. The zero-order chi connectivity index (χ0) is 11.5. The lowest BCUT2D eigenvalue weighted by molar-refractivity contribution is 0.0228. The molecule has 1 rings (SSSR count). The summed E-state index contributed by atoms with van der Waals surface area (Å²) in [6, 6.07) is 0.296. The Balaban J connectivity index is 2.51. The van der Waals surface area contributed by atoms with Gasteiger partial charge in [-0.25, -0.2) is 4.79 Å². The smallest absolute Gasteiger partial charge is 0.410 e. The summed E-state index contributed by atoms with van der Waals surface area (Å²) in [5.74, 6) is 0. The van der Waals surface area contributed by atoms with E-state index in [0.717, 1.165) is 25.9 Å². The van der Waals surface area contributed by atoms with E-state index < -0.39 is 5.60 Å². The van der Waals surface area contributed by atoms with Crippen molar-refractivity contribution in [2.45, 2.75) is 45.3 Å². The summed E-state index contributed by atoms with van der Waals surface area (Å²) in [4.78, 5) is 13.7. The van der Waals surface area contributed by atoms with E-state index in [2.05, 4.69) is 5.32 Å². The van der Waals surface area contributed by atoms with Crippen molar-refractivity contribution < 1.29 is 9.53 Å². The zero-order valence-corrected chi connectivity index (χ0v) is 10.2. The number of hydrogen-bond donors (Lipinski definition) is 1. The highest BCUT2D eigenvalue weighted by Crippen LogP contribution is 2.20. The highest BCUT2D eigenvalue weighted by Gasteiger charge is 2.31. The average Bonchev–Trinajstić information content (AvgIpc) is 2.49. The van der Waals surface area contributed by atoms with Gasteiger partial charge in [0.25, 0.3) is 0 Å². The van der Waals surface area contributed by atoms with Crippen molar-refractivity contribution in [1.29, 1.82) is 0 Å². The van der Waals surface area contributed by atoms with Gasteiger partial charge in [-0.3, -0.25) is 0 Å². The van der Waals surface area contributed by atoms with Gasteiger partial charge in [0.15, 0.2) is 0 Å². The Kier molecular flexibility index (Phi) is 3.97. The van der Waals surface area contributed by atoms with Crippen LogP contribution in [0.4, 0.5) is 4.79 Å². The fraction of sp³-hybridized carbons (Fsp3) is 0.909. The number of likely N-dealkylation sites (tertiary alicyclic amines) is 1. The molecule has 88 valence electrons. The summed E-state index contributed by atoms with van der Waals surface area (Å²) < 4.78 is 5.36. The second kappa shape index (κ2) is 4.84. The lowest BCUT2D eigenvalue weighted by Gasteiger charge is -2.28. The van der Waals surface area contributed by atoms with Crippen LogP contribution in [0.1, 0.15) is 33.6 Å². The number of nitrogens with one attached hydrogen (secondary N) is 1. The standard InChI is InChI=1S/C11H22N2O2/c1-11(2,3)15-10(14)13-7-5-6-9(13)8-12-4/h9,12H,5-8H2,1-4H3/t9-/m1/s1. The molecule has 0 aromatic heterocycles. The van der Waals surface area contributed by atoms with E-state index in [1.807, 2.05) is 32.7 Å². The molecule has 1 heterocycles. The van der Waals surface area contributed by atoms with E-state index in [-0.39, 0.29) is 6.09 Å². The molecule has 1 aliphatic rings. The molecule has 1 atom stereocenters. The van der Waals surface area contributed by atoms with Crippen LogP contribution in [0, 0.1) is 0 Å². The lowest BCUT2D eigenvalue weighted by atomic mass is 10.2.